The van der Waals surface area contributed by atoms with Crippen LogP contribution in [0.4, 0.5) is 0 Å². The molecule has 1 aromatic carbocycles. The van der Waals surface area contributed by atoms with Crippen LogP contribution in [0.15, 0.2) is 24.3 Å². The molecule has 1 atom stereocenters. The molecule has 0 aliphatic rings. The monoisotopic (exact) mass is 222 g/mol. The van der Waals surface area contributed by atoms with E-state index in [-0.39, 0.29) is 11.9 Å². The van der Waals surface area contributed by atoms with E-state index in [0.29, 0.717) is 5.75 Å². The molecule has 0 bridgehead atoms. The molecule has 0 saturated carbocycles. The highest BCUT2D eigenvalue weighted by atomic mass is 16.5. The van der Waals surface area contributed by atoms with Gasteiger partial charge in [0, 0.05) is 0 Å². The van der Waals surface area contributed by atoms with Gasteiger partial charge in [0.1, 0.15) is 0 Å². The fourth-order valence-electron chi connectivity index (χ4n) is 1.75. The van der Waals surface area contributed by atoms with Crippen LogP contribution in [-0.4, -0.2) is 11.2 Å². The average molecular weight is 222 g/mol. The standard InChI is InChI=1S/C14H22O2/c1-3-5-9-12(8-4-2)16-14-11-7-6-10-13(14)15/h6-7,10-12,15H,3-5,8-9H2,1-2H3. The van der Waals surface area contributed by atoms with Gasteiger partial charge in [0.2, 0.25) is 0 Å². The number of phenols is 1. The van der Waals surface area contributed by atoms with Gasteiger partial charge in [-0.3, -0.25) is 0 Å². The zero-order chi connectivity index (χ0) is 11.8. The Morgan fingerprint density at radius 3 is 2.50 bits per heavy atom. The van der Waals surface area contributed by atoms with Gasteiger partial charge >= 0.3 is 0 Å². The van der Waals surface area contributed by atoms with Gasteiger partial charge in [0.25, 0.3) is 0 Å². The molecule has 0 aromatic heterocycles. The maximum Gasteiger partial charge on any atom is 0.161 e. The second-order valence-electron chi connectivity index (χ2n) is 4.14. The lowest BCUT2D eigenvalue weighted by molar-refractivity contribution is 0.170. The number of rotatable bonds is 7. The van der Waals surface area contributed by atoms with Crippen molar-refractivity contribution in [3.8, 4) is 11.5 Å². The molecule has 16 heavy (non-hydrogen) atoms. The molecule has 0 amide bonds. The Hall–Kier alpha value is -1.18. The lowest BCUT2D eigenvalue weighted by Gasteiger charge is -2.18. The van der Waals surface area contributed by atoms with Gasteiger partial charge in [-0.15, -0.1) is 0 Å². The molecule has 1 aromatic rings. The SMILES string of the molecule is CCCCC(CCC)Oc1ccccc1O. The van der Waals surface area contributed by atoms with E-state index in [1.165, 1.54) is 12.8 Å². The first-order chi connectivity index (χ1) is 7.77. The summed E-state index contributed by atoms with van der Waals surface area (Å²) in [4.78, 5) is 0. The summed E-state index contributed by atoms with van der Waals surface area (Å²) in [5.74, 6) is 0.845. The molecule has 1 unspecified atom stereocenters. The van der Waals surface area contributed by atoms with Crippen LogP contribution in [-0.2, 0) is 0 Å². The van der Waals surface area contributed by atoms with Gasteiger partial charge < -0.3 is 9.84 Å². The third-order valence-electron chi connectivity index (χ3n) is 2.65. The fraction of sp³-hybridized carbons (Fsp3) is 0.571. The van der Waals surface area contributed by atoms with E-state index >= 15 is 0 Å². The molecule has 2 nitrogen and oxygen atoms in total. The Kier molecular flexibility index (Phi) is 5.76. The van der Waals surface area contributed by atoms with Crippen LogP contribution in [0.25, 0.3) is 0 Å². The van der Waals surface area contributed by atoms with Crippen molar-refractivity contribution < 1.29 is 9.84 Å². The highest BCUT2D eigenvalue weighted by Crippen LogP contribution is 2.27. The largest absolute Gasteiger partial charge is 0.504 e. The van der Waals surface area contributed by atoms with E-state index < -0.39 is 0 Å². The quantitative estimate of drug-likeness (QED) is 0.751. The Labute approximate surface area is 98.3 Å². The predicted molar refractivity (Wildman–Crippen MR) is 67.0 cm³/mol. The minimum atomic E-state index is 0.234. The Morgan fingerprint density at radius 1 is 1.12 bits per heavy atom. The topological polar surface area (TPSA) is 29.5 Å². The van der Waals surface area contributed by atoms with Gasteiger partial charge in [-0.1, -0.05) is 45.2 Å². The van der Waals surface area contributed by atoms with E-state index in [2.05, 4.69) is 13.8 Å². The minimum absolute atomic E-state index is 0.234. The molecule has 0 saturated heterocycles. The van der Waals surface area contributed by atoms with Crippen molar-refractivity contribution in [3.05, 3.63) is 24.3 Å². The van der Waals surface area contributed by atoms with Crippen LogP contribution in [0.1, 0.15) is 46.0 Å². The fourth-order valence-corrected chi connectivity index (χ4v) is 1.75. The van der Waals surface area contributed by atoms with E-state index in [1.807, 2.05) is 18.2 Å². The van der Waals surface area contributed by atoms with Crippen molar-refractivity contribution in [3.63, 3.8) is 0 Å². The van der Waals surface area contributed by atoms with Crippen molar-refractivity contribution in [1.82, 2.24) is 0 Å². The molecular weight excluding hydrogens is 200 g/mol. The maximum atomic E-state index is 9.63. The summed E-state index contributed by atoms with van der Waals surface area (Å²) >= 11 is 0. The number of para-hydroxylation sites is 2. The molecular formula is C14H22O2. The molecule has 0 fully saturated rings. The minimum Gasteiger partial charge on any atom is -0.504 e. The molecule has 0 aliphatic carbocycles. The lowest BCUT2D eigenvalue weighted by atomic mass is 10.1. The van der Waals surface area contributed by atoms with Gasteiger partial charge in [-0.05, 0) is 25.0 Å². The third kappa shape index (κ3) is 4.13. The summed E-state index contributed by atoms with van der Waals surface area (Å²) in [6, 6.07) is 7.18. The van der Waals surface area contributed by atoms with Crippen molar-refractivity contribution >= 4 is 0 Å². The van der Waals surface area contributed by atoms with E-state index in [1.54, 1.807) is 6.07 Å². The molecule has 0 spiro atoms. The number of phenolic OH excluding ortho intramolecular Hbond substituents is 1. The zero-order valence-corrected chi connectivity index (χ0v) is 10.3. The van der Waals surface area contributed by atoms with Crippen LogP contribution in [0.5, 0.6) is 11.5 Å². The lowest BCUT2D eigenvalue weighted by Crippen LogP contribution is -2.16. The van der Waals surface area contributed by atoms with E-state index in [0.717, 1.165) is 19.3 Å². The van der Waals surface area contributed by atoms with Gasteiger partial charge in [-0.2, -0.15) is 0 Å². The van der Waals surface area contributed by atoms with Crippen LogP contribution >= 0.6 is 0 Å². The second kappa shape index (κ2) is 7.15. The molecule has 90 valence electrons. The Balaban J connectivity index is 2.56. The third-order valence-corrected chi connectivity index (χ3v) is 2.65. The molecule has 1 rings (SSSR count). The zero-order valence-electron chi connectivity index (χ0n) is 10.3. The number of unbranched alkanes of at least 4 members (excludes halogenated alkanes) is 1. The number of ether oxygens (including phenoxy) is 1. The van der Waals surface area contributed by atoms with Crippen molar-refractivity contribution in [2.45, 2.75) is 52.1 Å². The van der Waals surface area contributed by atoms with E-state index in [4.69, 9.17) is 4.74 Å². The van der Waals surface area contributed by atoms with Crippen LogP contribution in [0, 0.1) is 0 Å². The molecule has 0 heterocycles. The smallest absolute Gasteiger partial charge is 0.161 e. The summed E-state index contributed by atoms with van der Waals surface area (Å²) in [6.07, 6.45) is 5.83. The Bertz CT molecular complexity index is 297. The first-order valence-electron chi connectivity index (χ1n) is 6.22. The molecule has 0 radical (unpaired) electrons. The molecule has 0 aliphatic heterocycles. The average Bonchev–Trinajstić information content (AvgIpc) is 2.29. The normalized spacial score (nSPS) is 12.4. The number of hydrogen-bond acceptors (Lipinski definition) is 2. The highest BCUT2D eigenvalue weighted by Gasteiger charge is 2.10. The number of benzene rings is 1. The molecule has 1 N–H and O–H groups in total. The summed E-state index contributed by atoms with van der Waals surface area (Å²) in [5, 5.41) is 9.63. The van der Waals surface area contributed by atoms with Gasteiger partial charge in [-0.25, -0.2) is 0 Å². The van der Waals surface area contributed by atoms with E-state index in [9.17, 15) is 5.11 Å². The maximum absolute atomic E-state index is 9.63. The number of hydrogen-bond donors (Lipinski definition) is 1. The first kappa shape index (κ1) is 12.9. The van der Waals surface area contributed by atoms with Crippen molar-refractivity contribution in [1.29, 1.82) is 0 Å². The predicted octanol–water partition coefficient (Wildman–Crippen LogP) is 4.13. The summed E-state index contributed by atoms with van der Waals surface area (Å²) < 4.78 is 5.84. The Morgan fingerprint density at radius 2 is 1.88 bits per heavy atom. The number of aromatic hydroxyl groups is 1. The summed E-state index contributed by atoms with van der Waals surface area (Å²) in [7, 11) is 0. The second-order valence-corrected chi connectivity index (χ2v) is 4.14. The summed E-state index contributed by atoms with van der Waals surface area (Å²) in [6.45, 7) is 4.34. The van der Waals surface area contributed by atoms with Crippen LogP contribution in [0.2, 0.25) is 0 Å². The van der Waals surface area contributed by atoms with Gasteiger partial charge in [0.05, 0.1) is 6.10 Å². The first-order valence-corrected chi connectivity index (χ1v) is 6.22. The van der Waals surface area contributed by atoms with Crippen LogP contribution in [0.3, 0.4) is 0 Å². The van der Waals surface area contributed by atoms with Gasteiger partial charge in [0.15, 0.2) is 11.5 Å². The van der Waals surface area contributed by atoms with Crippen LogP contribution < -0.4 is 4.74 Å². The summed E-state index contributed by atoms with van der Waals surface area (Å²) in [5.41, 5.74) is 0. The van der Waals surface area contributed by atoms with Crippen molar-refractivity contribution in [2.75, 3.05) is 0 Å². The highest BCUT2D eigenvalue weighted by molar-refractivity contribution is 5.38. The van der Waals surface area contributed by atoms with Crippen molar-refractivity contribution in [2.24, 2.45) is 0 Å². The molecule has 2 heteroatoms.